The predicted octanol–water partition coefficient (Wildman–Crippen LogP) is 3.54. The molecule has 3 amide bonds. The zero-order valence-electron chi connectivity index (χ0n) is 20.3. The number of benzene rings is 2. The molecule has 192 valence electrons. The number of aryl methyl sites for hydroxylation is 1. The van der Waals surface area contributed by atoms with Crippen molar-refractivity contribution in [1.82, 2.24) is 15.1 Å². The van der Waals surface area contributed by atoms with Gasteiger partial charge in [-0.2, -0.15) is 0 Å². The van der Waals surface area contributed by atoms with Crippen LogP contribution in [0.15, 0.2) is 42.5 Å². The number of carbonyl (C=O) groups excluding carboxylic acids is 3. The Morgan fingerprint density at radius 1 is 1.08 bits per heavy atom. The number of hydrogen-bond donors (Lipinski definition) is 1. The summed E-state index contributed by atoms with van der Waals surface area (Å²) in [6, 6.07) is 11.3. The number of likely N-dealkylation sites (tertiary alicyclic amines) is 1. The molecule has 1 spiro atoms. The number of ether oxygens (including phenoxy) is 2. The first-order chi connectivity index (χ1) is 17.3. The summed E-state index contributed by atoms with van der Waals surface area (Å²) in [5.41, 5.74) is 0.787. The van der Waals surface area contributed by atoms with Crippen LogP contribution in [0, 0.1) is 6.92 Å². The lowest BCUT2D eigenvalue weighted by Gasteiger charge is -2.44. The van der Waals surface area contributed by atoms with Gasteiger partial charge < -0.3 is 19.7 Å². The van der Waals surface area contributed by atoms with Crippen LogP contribution < -0.4 is 5.32 Å². The minimum atomic E-state index is -0.989. The minimum Gasteiger partial charge on any atom is -0.383 e. The van der Waals surface area contributed by atoms with Crippen LogP contribution in [-0.4, -0.2) is 79.2 Å². The van der Waals surface area contributed by atoms with Crippen LogP contribution in [0.1, 0.15) is 39.1 Å². The predicted molar refractivity (Wildman–Crippen MR) is 136 cm³/mol. The molecule has 0 bridgehead atoms. The monoisotopic (exact) mass is 533 g/mol. The Kier molecular flexibility index (Phi) is 8.20. The van der Waals surface area contributed by atoms with E-state index < -0.39 is 11.8 Å². The third-order valence-electron chi connectivity index (χ3n) is 6.76. The van der Waals surface area contributed by atoms with Crippen molar-refractivity contribution in [3.63, 3.8) is 0 Å². The van der Waals surface area contributed by atoms with Gasteiger partial charge in [0.1, 0.15) is 11.8 Å². The Bertz CT molecular complexity index is 1150. The molecule has 0 saturated carbocycles. The van der Waals surface area contributed by atoms with Crippen molar-refractivity contribution in [3.05, 3.63) is 69.2 Å². The van der Waals surface area contributed by atoms with Crippen LogP contribution in [0.25, 0.3) is 0 Å². The highest BCUT2D eigenvalue weighted by Gasteiger charge is 2.54. The number of amides is 3. The van der Waals surface area contributed by atoms with Gasteiger partial charge in [-0.3, -0.25) is 19.3 Å². The average Bonchev–Trinajstić information content (AvgIpc) is 3.24. The molecule has 0 aliphatic carbocycles. The lowest BCUT2D eigenvalue weighted by Crippen LogP contribution is -2.60. The highest BCUT2D eigenvalue weighted by molar-refractivity contribution is 6.42. The summed E-state index contributed by atoms with van der Waals surface area (Å²) >= 11 is 12.1. The third kappa shape index (κ3) is 5.22. The molecule has 0 aromatic heterocycles. The van der Waals surface area contributed by atoms with Crippen LogP contribution in [0.3, 0.4) is 0 Å². The maximum absolute atomic E-state index is 13.8. The molecule has 2 aliphatic rings. The number of nitrogens with one attached hydrogen (secondary N) is 1. The van der Waals surface area contributed by atoms with Gasteiger partial charge >= 0.3 is 0 Å². The Morgan fingerprint density at radius 3 is 2.47 bits per heavy atom. The molecule has 2 saturated heterocycles. The van der Waals surface area contributed by atoms with Crippen molar-refractivity contribution in [2.75, 3.05) is 40.0 Å². The van der Waals surface area contributed by atoms with E-state index in [-0.39, 0.29) is 24.3 Å². The molecule has 1 N–H and O–H groups in total. The van der Waals surface area contributed by atoms with Gasteiger partial charge in [0.15, 0.2) is 0 Å². The molecule has 36 heavy (non-hydrogen) atoms. The first kappa shape index (κ1) is 26.4. The fraction of sp³-hybridized carbons (Fsp3) is 0.423. The number of hydrogen-bond acceptors (Lipinski definition) is 5. The molecule has 2 heterocycles. The topological polar surface area (TPSA) is 88.2 Å². The molecule has 4 rings (SSSR count). The lowest BCUT2D eigenvalue weighted by atomic mass is 9.95. The van der Waals surface area contributed by atoms with Gasteiger partial charge in [-0.25, -0.2) is 0 Å². The van der Waals surface area contributed by atoms with Crippen LogP contribution >= 0.6 is 23.2 Å². The Balaban J connectivity index is 1.56. The molecule has 2 fully saturated rings. The number of halogens is 2. The zero-order chi connectivity index (χ0) is 25.9. The standard InChI is InChI=1S/C26H29Cl2N3O5/c1-17-5-3-4-6-19(17)25(34)31-22(23(32)29-11-14-35-2)16-36-26(31)9-12-30(13-10-26)24(33)18-7-8-20(27)21(28)15-18/h3-8,15,22H,9-14,16H2,1-2H3,(H,29,32). The van der Waals surface area contributed by atoms with Crippen LogP contribution in [0.5, 0.6) is 0 Å². The second-order valence-electron chi connectivity index (χ2n) is 8.97. The van der Waals surface area contributed by atoms with Gasteiger partial charge in [0.05, 0.1) is 23.3 Å². The largest absolute Gasteiger partial charge is 0.383 e. The van der Waals surface area contributed by atoms with Gasteiger partial charge in [-0.05, 0) is 36.8 Å². The van der Waals surface area contributed by atoms with Crippen molar-refractivity contribution in [2.45, 2.75) is 31.5 Å². The molecule has 1 atom stereocenters. The number of carbonyl (C=O) groups is 3. The van der Waals surface area contributed by atoms with Gasteiger partial charge in [0.2, 0.25) is 5.91 Å². The van der Waals surface area contributed by atoms with E-state index in [1.807, 2.05) is 19.1 Å². The van der Waals surface area contributed by atoms with Gasteiger partial charge in [0.25, 0.3) is 11.8 Å². The number of piperidine rings is 1. The molecule has 8 nitrogen and oxygen atoms in total. The Morgan fingerprint density at radius 2 is 1.81 bits per heavy atom. The van der Waals surface area contributed by atoms with Gasteiger partial charge in [-0.1, -0.05) is 41.4 Å². The minimum absolute atomic E-state index is 0.0805. The highest BCUT2D eigenvalue weighted by Crippen LogP contribution is 2.39. The van der Waals surface area contributed by atoms with E-state index in [1.165, 1.54) is 0 Å². The van der Waals surface area contributed by atoms with Crippen LogP contribution in [-0.2, 0) is 14.3 Å². The maximum atomic E-state index is 13.8. The summed E-state index contributed by atoms with van der Waals surface area (Å²) in [6.07, 6.45) is 0.749. The van der Waals surface area contributed by atoms with E-state index in [4.69, 9.17) is 32.7 Å². The van der Waals surface area contributed by atoms with Crippen LogP contribution in [0.2, 0.25) is 10.0 Å². The fourth-order valence-electron chi connectivity index (χ4n) is 4.77. The molecular weight excluding hydrogens is 505 g/mol. The Hall–Kier alpha value is -2.65. The van der Waals surface area contributed by atoms with Crippen molar-refractivity contribution < 1.29 is 23.9 Å². The van der Waals surface area contributed by atoms with Crippen LogP contribution in [0.4, 0.5) is 0 Å². The zero-order valence-corrected chi connectivity index (χ0v) is 21.8. The molecular formula is C26H29Cl2N3O5. The summed E-state index contributed by atoms with van der Waals surface area (Å²) in [5, 5.41) is 3.52. The van der Waals surface area contributed by atoms with Crippen molar-refractivity contribution in [2.24, 2.45) is 0 Å². The smallest absolute Gasteiger partial charge is 0.257 e. The second kappa shape index (κ2) is 11.2. The summed E-state index contributed by atoms with van der Waals surface area (Å²) in [4.78, 5) is 43.3. The quantitative estimate of drug-likeness (QED) is 0.573. The number of methoxy groups -OCH3 is 1. The molecule has 2 aromatic rings. The SMILES string of the molecule is COCCNC(=O)C1COC2(CCN(C(=O)c3ccc(Cl)c(Cl)c3)CC2)N1C(=O)c1ccccc1C. The summed E-state index contributed by atoms with van der Waals surface area (Å²) in [6.45, 7) is 3.35. The van der Waals surface area contributed by atoms with E-state index in [1.54, 1.807) is 47.2 Å². The summed E-state index contributed by atoms with van der Waals surface area (Å²) < 4.78 is 11.3. The molecule has 2 aromatic carbocycles. The summed E-state index contributed by atoms with van der Waals surface area (Å²) in [7, 11) is 1.56. The molecule has 1 unspecified atom stereocenters. The van der Waals surface area contributed by atoms with E-state index in [0.29, 0.717) is 60.3 Å². The lowest BCUT2D eigenvalue weighted by molar-refractivity contribution is -0.128. The maximum Gasteiger partial charge on any atom is 0.257 e. The second-order valence-corrected chi connectivity index (χ2v) is 9.78. The molecule has 10 heteroatoms. The normalized spacial score (nSPS) is 18.9. The molecule has 2 aliphatic heterocycles. The van der Waals surface area contributed by atoms with E-state index in [0.717, 1.165) is 5.56 Å². The van der Waals surface area contributed by atoms with Crippen molar-refractivity contribution >= 4 is 40.9 Å². The van der Waals surface area contributed by atoms with Crippen molar-refractivity contribution in [3.8, 4) is 0 Å². The third-order valence-corrected chi connectivity index (χ3v) is 7.50. The number of rotatable bonds is 6. The van der Waals surface area contributed by atoms with E-state index in [2.05, 4.69) is 5.32 Å². The fourth-order valence-corrected chi connectivity index (χ4v) is 5.07. The van der Waals surface area contributed by atoms with Crippen molar-refractivity contribution in [1.29, 1.82) is 0 Å². The Labute approximate surface area is 220 Å². The molecule has 0 radical (unpaired) electrons. The average molecular weight is 534 g/mol. The van der Waals surface area contributed by atoms with E-state index in [9.17, 15) is 14.4 Å². The summed E-state index contributed by atoms with van der Waals surface area (Å²) in [5.74, 6) is -0.728. The van der Waals surface area contributed by atoms with E-state index >= 15 is 0 Å². The van der Waals surface area contributed by atoms with Gasteiger partial charge in [-0.15, -0.1) is 0 Å². The van der Waals surface area contributed by atoms with Gasteiger partial charge in [0, 0.05) is 50.7 Å². The number of nitrogens with zero attached hydrogens (tertiary/aromatic N) is 2. The first-order valence-corrected chi connectivity index (χ1v) is 12.6. The first-order valence-electron chi connectivity index (χ1n) is 11.8. The highest BCUT2D eigenvalue weighted by atomic mass is 35.5.